The molecule has 2 aliphatic rings. The van der Waals surface area contributed by atoms with Crippen LogP contribution in [0.25, 0.3) is 0 Å². The molecule has 1 amide bonds. The summed E-state index contributed by atoms with van der Waals surface area (Å²) in [6, 6.07) is 4.68. The number of halogens is 1. The normalized spacial score (nSPS) is 23.1. The lowest BCUT2D eigenvalue weighted by Gasteiger charge is -2.30. The van der Waals surface area contributed by atoms with Gasteiger partial charge in [-0.05, 0) is 38.0 Å². The number of aliphatic imine (C=N–C) groups is 1. The Kier molecular flexibility index (Phi) is 5.64. The fraction of sp³-hybridized carbons (Fsp3) is 0.474. The molecule has 0 aromatic heterocycles. The molecular weight excluding hydrogens is 367 g/mol. The Morgan fingerprint density at radius 1 is 1.41 bits per heavy atom. The largest absolute Gasteiger partial charge is 0.379 e. The Morgan fingerprint density at radius 3 is 2.89 bits per heavy atom. The summed E-state index contributed by atoms with van der Waals surface area (Å²) in [5, 5.41) is 5.94. The van der Waals surface area contributed by atoms with E-state index in [4.69, 9.17) is 5.73 Å². The van der Waals surface area contributed by atoms with Crippen LogP contribution in [0.4, 0.5) is 4.39 Å². The Hall–Kier alpha value is -2.22. The average Bonchev–Trinajstić information content (AvgIpc) is 2.63. The van der Waals surface area contributed by atoms with Gasteiger partial charge in [0.05, 0.1) is 5.54 Å². The van der Waals surface area contributed by atoms with Gasteiger partial charge in [0.25, 0.3) is 0 Å². The summed E-state index contributed by atoms with van der Waals surface area (Å²) in [5.41, 5.74) is 6.66. The van der Waals surface area contributed by atoms with Gasteiger partial charge < -0.3 is 5.73 Å². The van der Waals surface area contributed by atoms with E-state index in [-0.39, 0.29) is 30.3 Å². The number of rotatable bonds is 5. The van der Waals surface area contributed by atoms with Crippen LogP contribution in [0.3, 0.4) is 0 Å². The van der Waals surface area contributed by atoms with Gasteiger partial charge >= 0.3 is 0 Å². The lowest BCUT2D eigenvalue weighted by Crippen LogP contribution is -2.34. The van der Waals surface area contributed by atoms with Crippen LogP contribution >= 0.6 is 11.8 Å². The SMILES string of the molecule is CCN1N=C(C(=O)Cc2ccc(F)c([C@]3(C)CCSC(N)=N3)c2)CCC1=O. The molecule has 2 heterocycles. The number of amidine groups is 1. The highest BCUT2D eigenvalue weighted by Crippen LogP contribution is 2.36. The first kappa shape index (κ1) is 19.5. The molecule has 3 rings (SSSR count). The molecule has 0 fully saturated rings. The number of nitrogens with zero attached hydrogens (tertiary/aromatic N) is 3. The Morgan fingerprint density at radius 2 is 2.19 bits per heavy atom. The summed E-state index contributed by atoms with van der Waals surface area (Å²) in [4.78, 5) is 28.8. The number of amides is 1. The number of hydrogen-bond acceptors (Lipinski definition) is 6. The monoisotopic (exact) mass is 390 g/mol. The molecule has 27 heavy (non-hydrogen) atoms. The number of nitrogens with two attached hydrogens (primary N) is 1. The van der Waals surface area contributed by atoms with Crippen LogP contribution in [0, 0.1) is 5.82 Å². The molecule has 0 aliphatic carbocycles. The van der Waals surface area contributed by atoms with E-state index in [9.17, 15) is 14.0 Å². The van der Waals surface area contributed by atoms with Gasteiger partial charge in [0, 0.05) is 37.1 Å². The molecule has 1 aromatic carbocycles. The number of carbonyl (C=O) groups is 2. The van der Waals surface area contributed by atoms with E-state index in [1.165, 1.54) is 22.8 Å². The molecule has 0 unspecified atom stereocenters. The fourth-order valence-electron chi connectivity index (χ4n) is 3.31. The van der Waals surface area contributed by atoms with E-state index in [1.54, 1.807) is 12.1 Å². The topological polar surface area (TPSA) is 88.1 Å². The third-order valence-corrected chi connectivity index (χ3v) is 5.69. The maximum Gasteiger partial charge on any atom is 0.243 e. The van der Waals surface area contributed by atoms with Gasteiger partial charge in [-0.2, -0.15) is 5.10 Å². The van der Waals surface area contributed by atoms with Crippen molar-refractivity contribution in [3.63, 3.8) is 0 Å². The maximum absolute atomic E-state index is 14.5. The number of hydrogen-bond donors (Lipinski definition) is 1. The summed E-state index contributed by atoms with van der Waals surface area (Å²) < 4.78 is 14.5. The predicted octanol–water partition coefficient (Wildman–Crippen LogP) is 2.60. The van der Waals surface area contributed by atoms with Gasteiger partial charge in [-0.1, -0.05) is 17.8 Å². The van der Waals surface area contributed by atoms with Gasteiger partial charge in [-0.3, -0.25) is 14.6 Å². The second kappa shape index (κ2) is 7.80. The second-order valence-electron chi connectivity index (χ2n) is 6.89. The van der Waals surface area contributed by atoms with E-state index >= 15 is 0 Å². The van der Waals surface area contributed by atoms with Crippen LogP contribution in [0.2, 0.25) is 0 Å². The van der Waals surface area contributed by atoms with Gasteiger partial charge in [0.15, 0.2) is 11.0 Å². The molecule has 6 nitrogen and oxygen atoms in total. The third-order valence-electron chi connectivity index (χ3n) is 4.90. The smallest absolute Gasteiger partial charge is 0.243 e. The molecule has 0 saturated heterocycles. The van der Waals surface area contributed by atoms with Crippen molar-refractivity contribution in [2.24, 2.45) is 15.8 Å². The van der Waals surface area contributed by atoms with Crippen LogP contribution in [0.5, 0.6) is 0 Å². The van der Waals surface area contributed by atoms with Crippen molar-refractivity contribution in [3.05, 3.63) is 35.1 Å². The lowest BCUT2D eigenvalue weighted by atomic mass is 9.87. The van der Waals surface area contributed by atoms with Crippen LogP contribution in [0.15, 0.2) is 28.3 Å². The molecule has 2 aliphatic heterocycles. The Bertz CT molecular complexity index is 839. The average molecular weight is 390 g/mol. The fourth-order valence-corrected chi connectivity index (χ4v) is 4.29. The highest BCUT2D eigenvalue weighted by Gasteiger charge is 2.32. The van der Waals surface area contributed by atoms with Gasteiger partial charge in [-0.15, -0.1) is 0 Å². The minimum atomic E-state index is -0.730. The molecule has 8 heteroatoms. The molecule has 0 radical (unpaired) electrons. The molecule has 1 aromatic rings. The van der Waals surface area contributed by atoms with E-state index in [1.807, 2.05) is 13.8 Å². The first-order valence-electron chi connectivity index (χ1n) is 9.00. The highest BCUT2D eigenvalue weighted by molar-refractivity contribution is 8.13. The zero-order chi connectivity index (χ0) is 19.6. The van der Waals surface area contributed by atoms with Crippen LogP contribution in [0.1, 0.15) is 44.2 Å². The maximum atomic E-state index is 14.5. The Balaban J connectivity index is 1.84. The molecule has 0 bridgehead atoms. The summed E-state index contributed by atoms with van der Waals surface area (Å²) in [7, 11) is 0. The predicted molar refractivity (Wildman–Crippen MR) is 105 cm³/mol. The molecule has 2 N–H and O–H groups in total. The standard InChI is InChI=1S/C19H23FN4O2S/c1-3-24-17(26)7-6-15(23-24)16(25)11-12-4-5-14(20)13(10-12)19(2)8-9-27-18(21)22-19/h4-5,10H,3,6-9,11H2,1-2H3,(H2,21,22)/t19-/m0/s1. The van der Waals surface area contributed by atoms with Crippen molar-refractivity contribution >= 4 is 34.3 Å². The van der Waals surface area contributed by atoms with E-state index in [0.29, 0.717) is 41.4 Å². The Labute approximate surface area is 162 Å². The van der Waals surface area contributed by atoms with Gasteiger partial charge in [0.2, 0.25) is 5.91 Å². The van der Waals surface area contributed by atoms with Crippen molar-refractivity contribution in [2.45, 2.75) is 45.1 Å². The van der Waals surface area contributed by atoms with Crippen molar-refractivity contribution in [3.8, 4) is 0 Å². The first-order chi connectivity index (χ1) is 12.8. The van der Waals surface area contributed by atoms with Gasteiger partial charge in [0.1, 0.15) is 11.5 Å². The number of carbonyl (C=O) groups excluding carboxylic acids is 2. The van der Waals surface area contributed by atoms with Crippen molar-refractivity contribution in [2.75, 3.05) is 12.3 Å². The van der Waals surface area contributed by atoms with Crippen molar-refractivity contribution in [1.82, 2.24) is 5.01 Å². The van der Waals surface area contributed by atoms with E-state index in [2.05, 4.69) is 10.1 Å². The van der Waals surface area contributed by atoms with Crippen LogP contribution < -0.4 is 5.73 Å². The van der Waals surface area contributed by atoms with Crippen molar-refractivity contribution in [1.29, 1.82) is 0 Å². The second-order valence-corrected chi connectivity index (χ2v) is 8.01. The van der Waals surface area contributed by atoms with E-state index < -0.39 is 5.54 Å². The molecule has 144 valence electrons. The summed E-state index contributed by atoms with van der Waals surface area (Å²) in [5.74, 6) is 0.198. The molecular formula is C19H23FN4O2S. The molecule has 1 atom stereocenters. The minimum absolute atomic E-state index is 0.0725. The number of hydrazone groups is 1. The third kappa shape index (κ3) is 4.21. The first-order valence-corrected chi connectivity index (χ1v) is 9.99. The molecule has 0 spiro atoms. The lowest BCUT2D eigenvalue weighted by molar-refractivity contribution is -0.131. The highest BCUT2D eigenvalue weighted by atomic mass is 32.2. The van der Waals surface area contributed by atoms with Gasteiger partial charge in [-0.25, -0.2) is 9.40 Å². The summed E-state index contributed by atoms with van der Waals surface area (Å²) in [6.45, 7) is 4.11. The van der Waals surface area contributed by atoms with E-state index in [0.717, 1.165) is 5.75 Å². The number of ketones is 1. The number of benzene rings is 1. The summed E-state index contributed by atoms with van der Waals surface area (Å²) in [6.07, 6.45) is 1.42. The number of thioether (sulfide) groups is 1. The zero-order valence-corrected chi connectivity index (χ0v) is 16.3. The van der Waals surface area contributed by atoms with Crippen molar-refractivity contribution < 1.29 is 14.0 Å². The van der Waals surface area contributed by atoms with Crippen LogP contribution in [-0.4, -0.2) is 39.9 Å². The minimum Gasteiger partial charge on any atom is -0.379 e. The summed E-state index contributed by atoms with van der Waals surface area (Å²) >= 11 is 1.46. The number of Topliss-reactive ketones (excluding diaryl/α,β-unsaturated/α-hetero) is 1. The van der Waals surface area contributed by atoms with Crippen LogP contribution in [-0.2, 0) is 21.5 Å². The molecule has 0 saturated carbocycles. The zero-order valence-electron chi connectivity index (χ0n) is 15.5. The quantitative estimate of drug-likeness (QED) is 0.837.